The highest BCUT2D eigenvalue weighted by atomic mass is 16.3. The minimum atomic E-state index is 0.599. The van der Waals surface area contributed by atoms with Crippen LogP contribution in [0.1, 0.15) is 17.5 Å². The van der Waals surface area contributed by atoms with Crippen LogP contribution in [-0.4, -0.2) is 15.0 Å². The highest BCUT2D eigenvalue weighted by molar-refractivity contribution is 6.12. The molecule has 4 nitrogen and oxygen atoms in total. The lowest BCUT2D eigenvalue weighted by atomic mass is 9.90. The van der Waals surface area contributed by atoms with E-state index >= 15 is 0 Å². The normalized spacial score (nSPS) is 12.4. The second-order valence-electron chi connectivity index (χ2n) is 14.7. The third kappa shape index (κ3) is 5.99. The molecule has 10 aromatic rings. The third-order valence-corrected chi connectivity index (χ3v) is 11.2. The second kappa shape index (κ2) is 13.7. The lowest BCUT2D eigenvalue weighted by molar-refractivity contribution is 0.669. The first-order valence-electron chi connectivity index (χ1n) is 19.5. The van der Waals surface area contributed by atoms with Crippen LogP contribution in [0.3, 0.4) is 0 Å². The van der Waals surface area contributed by atoms with Crippen molar-refractivity contribution in [2.75, 3.05) is 0 Å². The van der Waals surface area contributed by atoms with Gasteiger partial charge in [-0.2, -0.15) is 0 Å². The Morgan fingerprint density at radius 1 is 0.404 bits per heavy atom. The maximum atomic E-state index is 6.46. The average Bonchev–Trinajstić information content (AvgIpc) is 3.68. The first-order valence-corrected chi connectivity index (χ1v) is 19.5. The molecule has 0 saturated carbocycles. The molecule has 0 spiro atoms. The average molecular weight is 730 g/mol. The van der Waals surface area contributed by atoms with Crippen molar-refractivity contribution in [1.82, 2.24) is 15.0 Å². The van der Waals surface area contributed by atoms with Crippen LogP contribution in [0.2, 0.25) is 0 Å². The molecular weight excluding hydrogens is 695 g/mol. The Labute approximate surface area is 330 Å². The van der Waals surface area contributed by atoms with Crippen LogP contribution in [0.25, 0.3) is 106 Å². The summed E-state index contributed by atoms with van der Waals surface area (Å²) in [7, 11) is 0. The molecule has 1 aliphatic carbocycles. The van der Waals surface area contributed by atoms with Crippen molar-refractivity contribution in [3.63, 3.8) is 0 Å². The van der Waals surface area contributed by atoms with Gasteiger partial charge in [-0.3, -0.25) is 0 Å². The standard InChI is InChI=1S/C53H35N3O/c1-3-10-34(11-4-1)35-22-25-40(26-23-35)52-54-51(39-13-5-2-6-14-39)55-53(56-52)46-16-9-17-49-50(46)47-33-42(29-31-48(47)57-49)37-20-18-36(19-21-37)41-28-30-45-43(32-41)27-24-38-12-7-8-15-44(38)45/h1-7,9-14,16-33H,8,15H2. The number of benzene rings is 8. The van der Waals surface area contributed by atoms with E-state index in [1.807, 2.05) is 48.5 Å². The van der Waals surface area contributed by atoms with E-state index in [2.05, 4.69) is 140 Å². The largest absolute Gasteiger partial charge is 0.456 e. The summed E-state index contributed by atoms with van der Waals surface area (Å²) in [6, 6.07) is 61.8. The SMILES string of the molecule is C1=Cc2ccc3cc(-c4ccc(-c5ccc6oc7cccc(-c8nc(-c9ccccc9)nc(-c9ccc(-c%10ccccc%10)cc9)n8)c7c6c5)cc4)ccc3c2CC1. The number of rotatable bonds is 6. The van der Waals surface area contributed by atoms with Gasteiger partial charge in [-0.15, -0.1) is 0 Å². The molecule has 1 aliphatic rings. The van der Waals surface area contributed by atoms with Gasteiger partial charge in [0.15, 0.2) is 17.5 Å². The number of aryl methyl sites for hydroxylation is 1. The maximum Gasteiger partial charge on any atom is 0.164 e. The van der Waals surface area contributed by atoms with Crippen molar-refractivity contribution in [3.8, 4) is 67.5 Å². The number of fused-ring (bicyclic) bond motifs is 6. The molecule has 0 atom stereocenters. The summed E-state index contributed by atoms with van der Waals surface area (Å²) in [6.07, 6.45) is 6.74. The van der Waals surface area contributed by atoms with Gasteiger partial charge in [-0.25, -0.2) is 15.0 Å². The van der Waals surface area contributed by atoms with E-state index in [0.717, 1.165) is 68.2 Å². The Hall–Kier alpha value is -7.43. The molecule has 268 valence electrons. The van der Waals surface area contributed by atoms with Gasteiger partial charge in [0, 0.05) is 27.5 Å². The number of allylic oxidation sites excluding steroid dienone is 1. The molecule has 8 aromatic carbocycles. The molecule has 0 N–H and O–H groups in total. The summed E-state index contributed by atoms with van der Waals surface area (Å²) in [5, 5.41) is 4.65. The Kier molecular flexibility index (Phi) is 7.92. The van der Waals surface area contributed by atoms with Crippen LogP contribution in [0.4, 0.5) is 0 Å². The predicted molar refractivity (Wildman–Crippen MR) is 235 cm³/mol. The second-order valence-corrected chi connectivity index (χ2v) is 14.7. The Balaban J connectivity index is 0.981. The van der Waals surface area contributed by atoms with Crippen molar-refractivity contribution in [2.24, 2.45) is 0 Å². The topological polar surface area (TPSA) is 51.8 Å². The van der Waals surface area contributed by atoms with Crippen molar-refractivity contribution in [1.29, 1.82) is 0 Å². The van der Waals surface area contributed by atoms with Gasteiger partial charge in [0.2, 0.25) is 0 Å². The van der Waals surface area contributed by atoms with Crippen LogP contribution in [0, 0.1) is 0 Å². The summed E-state index contributed by atoms with van der Waals surface area (Å²) in [5.74, 6) is 1.84. The van der Waals surface area contributed by atoms with Crippen LogP contribution in [0.15, 0.2) is 186 Å². The third-order valence-electron chi connectivity index (χ3n) is 11.2. The summed E-state index contributed by atoms with van der Waals surface area (Å²) < 4.78 is 6.46. The number of nitrogens with zero attached hydrogens (tertiary/aromatic N) is 3. The molecular formula is C53H35N3O. The monoisotopic (exact) mass is 729 g/mol. The van der Waals surface area contributed by atoms with Gasteiger partial charge < -0.3 is 4.42 Å². The first-order chi connectivity index (χ1) is 28.2. The lowest BCUT2D eigenvalue weighted by Crippen LogP contribution is -2.00. The van der Waals surface area contributed by atoms with E-state index in [9.17, 15) is 0 Å². The van der Waals surface area contributed by atoms with Gasteiger partial charge in [0.05, 0.1) is 0 Å². The van der Waals surface area contributed by atoms with E-state index in [0.29, 0.717) is 17.5 Å². The van der Waals surface area contributed by atoms with Gasteiger partial charge >= 0.3 is 0 Å². The Bertz CT molecular complexity index is 3150. The van der Waals surface area contributed by atoms with Crippen LogP contribution >= 0.6 is 0 Å². The fourth-order valence-electron chi connectivity index (χ4n) is 8.30. The number of furan rings is 1. The molecule has 2 aromatic heterocycles. The van der Waals surface area contributed by atoms with Crippen LogP contribution < -0.4 is 0 Å². The van der Waals surface area contributed by atoms with E-state index in [1.165, 1.54) is 38.6 Å². The molecule has 0 saturated heterocycles. The first kappa shape index (κ1) is 33.0. The van der Waals surface area contributed by atoms with E-state index in [-0.39, 0.29) is 0 Å². The minimum Gasteiger partial charge on any atom is -0.456 e. The quantitative estimate of drug-likeness (QED) is 0.171. The lowest BCUT2D eigenvalue weighted by Gasteiger charge is -2.14. The summed E-state index contributed by atoms with van der Waals surface area (Å²) in [5.41, 5.74) is 14.2. The van der Waals surface area contributed by atoms with E-state index in [4.69, 9.17) is 19.4 Å². The van der Waals surface area contributed by atoms with Gasteiger partial charge in [0.25, 0.3) is 0 Å². The zero-order valence-corrected chi connectivity index (χ0v) is 31.1. The number of aromatic nitrogens is 3. The van der Waals surface area contributed by atoms with Gasteiger partial charge in [-0.1, -0.05) is 164 Å². The molecule has 0 fully saturated rings. The molecule has 57 heavy (non-hydrogen) atoms. The molecule has 0 unspecified atom stereocenters. The zero-order valence-electron chi connectivity index (χ0n) is 31.1. The van der Waals surface area contributed by atoms with Crippen LogP contribution in [-0.2, 0) is 6.42 Å². The van der Waals surface area contributed by atoms with Crippen molar-refractivity contribution in [3.05, 3.63) is 193 Å². The fourth-order valence-corrected chi connectivity index (χ4v) is 8.30. The summed E-state index contributed by atoms with van der Waals surface area (Å²) in [4.78, 5) is 15.2. The van der Waals surface area contributed by atoms with Crippen molar-refractivity contribution < 1.29 is 4.42 Å². The Morgan fingerprint density at radius 3 is 1.72 bits per heavy atom. The molecule has 4 heteroatoms. The highest BCUT2D eigenvalue weighted by Gasteiger charge is 2.19. The van der Waals surface area contributed by atoms with E-state index < -0.39 is 0 Å². The van der Waals surface area contributed by atoms with Gasteiger partial charge in [-0.05, 0) is 92.4 Å². The predicted octanol–water partition coefficient (Wildman–Crippen LogP) is 13.9. The summed E-state index contributed by atoms with van der Waals surface area (Å²) in [6.45, 7) is 0. The molecule has 0 bridgehead atoms. The maximum absolute atomic E-state index is 6.46. The fraction of sp³-hybridized carbons (Fsp3) is 0.0377. The molecule has 2 heterocycles. The minimum absolute atomic E-state index is 0.599. The van der Waals surface area contributed by atoms with Crippen molar-refractivity contribution >= 4 is 38.8 Å². The number of hydrogen-bond acceptors (Lipinski definition) is 4. The number of hydrogen-bond donors (Lipinski definition) is 0. The van der Waals surface area contributed by atoms with Gasteiger partial charge in [0.1, 0.15) is 11.2 Å². The summed E-state index contributed by atoms with van der Waals surface area (Å²) >= 11 is 0. The smallest absolute Gasteiger partial charge is 0.164 e. The highest BCUT2D eigenvalue weighted by Crippen LogP contribution is 2.39. The zero-order chi connectivity index (χ0) is 37.7. The van der Waals surface area contributed by atoms with Crippen molar-refractivity contribution in [2.45, 2.75) is 12.8 Å². The molecule has 0 amide bonds. The van der Waals surface area contributed by atoms with Crippen LogP contribution in [0.5, 0.6) is 0 Å². The van der Waals surface area contributed by atoms with E-state index in [1.54, 1.807) is 0 Å². The molecule has 11 rings (SSSR count). The molecule has 0 aliphatic heterocycles. The molecule has 0 radical (unpaired) electrons. The Morgan fingerprint density at radius 2 is 0.982 bits per heavy atom.